The fourth-order valence-corrected chi connectivity index (χ4v) is 2.29. The molecule has 0 aliphatic carbocycles. The summed E-state index contributed by atoms with van der Waals surface area (Å²) in [5.41, 5.74) is 0. The van der Waals surface area contributed by atoms with Gasteiger partial charge >= 0.3 is 0 Å². The van der Waals surface area contributed by atoms with Gasteiger partial charge in [0.2, 0.25) is 11.9 Å². The Morgan fingerprint density at radius 2 is 1.89 bits per heavy atom. The van der Waals surface area contributed by atoms with E-state index >= 15 is 0 Å². The first-order valence-corrected chi connectivity index (χ1v) is 7.34. The molecule has 2 rings (SSSR count). The molecule has 0 unspecified atom stereocenters. The van der Waals surface area contributed by atoms with Crippen LogP contribution in [-0.2, 0) is 4.79 Å². The lowest BCUT2D eigenvalue weighted by molar-refractivity contribution is -0.130. The molecule has 0 aromatic carbocycles. The van der Waals surface area contributed by atoms with Crippen molar-refractivity contribution in [1.82, 2.24) is 14.9 Å². The Bertz CT molecular complexity index is 392. The SMILES string of the molecule is CS[C@@H](C)C(=O)N1CCN(c2ncccn2)CC1. The molecule has 1 saturated heterocycles. The lowest BCUT2D eigenvalue weighted by Crippen LogP contribution is -2.51. The van der Waals surface area contributed by atoms with Gasteiger partial charge in [-0.05, 0) is 19.2 Å². The van der Waals surface area contributed by atoms with Crippen molar-refractivity contribution < 1.29 is 4.79 Å². The molecule has 1 amide bonds. The van der Waals surface area contributed by atoms with Gasteiger partial charge in [-0.3, -0.25) is 4.79 Å². The monoisotopic (exact) mass is 266 g/mol. The lowest BCUT2D eigenvalue weighted by Gasteiger charge is -2.35. The van der Waals surface area contributed by atoms with Gasteiger partial charge in [0.15, 0.2) is 0 Å². The minimum Gasteiger partial charge on any atom is -0.338 e. The van der Waals surface area contributed by atoms with Gasteiger partial charge in [0, 0.05) is 38.6 Å². The zero-order valence-electron chi connectivity index (χ0n) is 10.7. The number of hydrogen-bond donors (Lipinski definition) is 0. The number of thioether (sulfide) groups is 1. The summed E-state index contributed by atoms with van der Waals surface area (Å²) in [5, 5.41) is 0.0459. The van der Waals surface area contributed by atoms with Crippen LogP contribution in [-0.4, -0.2) is 58.5 Å². The first kappa shape index (κ1) is 13.1. The number of anilines is 1. The van der Waals surface area contributed by atoms with Crippen LogP contribution in [0, 0.1) is 0 Å². The number of carbonyl (C=O) groups excluding carboxylic acids is 1. The van der Waals surface area contributed by atoms with E-state index in [1.807, 2.05) is 24.1 Å². The summed E-state index contributed by atoms with van der Waals surface area (Å²) in [7, 11) is 0. The third kappa shape index (κ3) is 2.93. The second-order valence-electron chi connectivity index (χ2n) is 4.24. The second kappa shape index (κ2) is 6.04. The number of amides is 1. The average Bonchev–Trinajstić information content (AvgIpc) is 2.47. The first-order valence-electron chi connectivity index (χ1n) is 6.06. The molecule has 1 aromatic heterocycles. The largest absolute Gasteiger partial charge is 0.338 e. The molecule has 1 aliphatic rings. The topological polar surface area (TPSA) is 49.3 Å². The molecule has 1 aromatic rings. The third-order valence-electron chi connectivity index (χ3n) is 3.13. The zero-order valence-corrected chi connectivity index (χ0v) is 11.6. The summed E-state index contributed by atoms with van der Waals surface area (Å²) in [6.07, 6.45) is 5.46. The van der Waals surface area contributed by atoms with Crippen LogP contribution < -0.4 is 4.90 Å². The standard InChI is InChI=1S/C12H18N4OS/c1-10(18-2)11(17)15-6-8-16(9-7-15)12-13-4-3-5-14-12/h3-5,10H,6-9H2,1-2H3/t10-/m0/s1. The maximum absolute atomic E-state index is 12.0. The second-order valence-corrected chi connectivity index (χ2v) is 5.42. The Hall–Kier alpha value is -1.30. The predicted octanol–water partition coefficient (Wildman–Crippen LogP) is 0.877. The number of carbonyl (C=O) groups is 1. The number of nitrogens with zero attached hydrogens (tertiary/aromatic N) is 4. The van der Waals surface area contributed by atoms with Gasteiger partial charge < -0.3 is 9.80 Å². The van der Waals surface area contributed by atoms with Gasteiger partial charge in [-0.25, -0.2) is 9.97 Å². The van der Waals surface area contributed by atoms with Crippen LogP contribution in [0.1, 0.15) is 6.92 Å². The van der Waals surface area contributed by atoms with Crippen LogP contribution in [0.2, 0.25) is 0 Å². The molecule has 0 radical (unpaired) electrons. The van der Waals surface area contributed by atoms with E-state index in [-0.39, 0.29) is 11.2 Å². The molecular formula is C12H18N4OS. The van der Waals surface area contributed by atoms with E-state index in [1.54, 1.807) is 24.2 Å². The van der Waals surface area contributed by atoms with E-state index in [1.165, 1.54) is 0 Å². The van der Waals surface area contributed by atoms with Crippen LogP contribution in [0.4, 0.5) is 5.95 Å². The maximum Gasteiger partial charge on any atom is 0.235 e. The quantitative estimate of drug-likeness (QED) is 0.813. The molecule has 0 spiro atoms. The van der Waals surface area contributed by atoms with Gasteiger partial charge in [-0.15, -0.1) is 0 Å². The smallest absolute Gasteiger partial charge is 0.235 e. The summed E-state index contributed by atoms with van der Waals surface area (Å²) < 4.78 is 0. The Morgan fingerprint density at radius 1 is 1.28 bits per heavy atom. The minimum absolute atomic E-state index is 0.0459. The number of aromatic nitrogens is 2. The Kier molecular flexibility index (Phi) is 4.41. The van der Waals surface area contributed by atoms with Crippen molar-refractivity contribution in [2.45, 2.75) is 12.2 Å². The summed E-state index contributed by atoms with van der Waals surface area (Å²) in [6.45, 7) is 5.07. The number of rotatable bonds is 3. The van der Waals surface area contributed by atoms with Gasteiger partial charge in [0.25, 0.3) is 0 Å². The van der Waals surface area contributed by atoms with E-state index in [0.717, 1.165) is 32.1 Å². The van der Waals surface area contributed by atoms with Crippen LogP contribution in [0.5, 0.6) is 0 Å². The maximum atomic E-state index is 12.0. The van der Waals surface area contributed by atoms with E-state index in [9.17, 15) is 4.79 Å². The normalized spacial score (nSPS) is 17.7. The van der Waals surface area contributed by atoms with Crippen molar-refractivity contribution >= 4 is 23.6 Å². The molecule has 0 N–H and O–H groups in total. The van der Waals surface area contributed by atoms with Crippen LogP contribution in [0.15, 0.2) is 18.5 Å². The van der Waals surface area contributed by atoms with Gasteiger partial charge in [0.05, 0.1) is 5.25 Å². The number of hydrogen-bond acceptors (Lipinski definition) is 5. The molecule has 1 atom stereocenters. The first-order chi connectivity index (χ1) is 8.72. The fraction of sp³-hybridized carbons (Fsp3) is 0.583. The van der Waals surface area contributed by atoms with E-state index < -0.39 is 0 Å². The summed E-state index contributed by atoms with van der Waals surface area (Å²) in [5.74, 6) is 0.985. The number of piperazine rings is 1. The lowest BCUT2D eigenvalue weighted by atomic mass is 10.3. The van der Waals surface area contributed by atoms with Crippen molar-refractivity contribution in [2.75, 3.05) is 37.3 Å². The molecule has 0 saturated carbocycles. The van der Waals surface area contributed by atoms with E-state index in [2.05, 4.69) is 14.9 Å². The predicted molar refractivity (Wildman–Crippen MR) is 73.8 cm³/mol. The highest BCUT2D eigenvalue weighted by atomic mass is 32.2. The van der Waals surface area contributed by atoms with Crippen LogP contribution in [0.25, 0.3) is 0 Å². The van der Waals surface area contributed by atoms with Gasteiger partial charge in [-0.2, -0.15) is 11.8 Å². The van der Waals surface area contributed by atoms with E-state index in [4.69, 9.17) is 0 Å². The molecule has 98 valence electrons. The summed E-state index contributed by atoms with van der Waals surface area (Å²) in [6, 6.07) is 1.81. The van der Waals surface area contributed by atoms with E-state index in [0.29, 0.717) is 0 Å². The average molecular weight is 266 g/mol. The fourth-order valence-electron chi connectivity index (χ4n) is 1.94. The Balaban J connectivity index is 1.90. The Labute approximate surface area is 112 Å². The molecular weight excluding hydrogens is 248 g/mol. The molecule has 18 heavy (non-hydrogen) atoms. The molecule has 0 bridgehead atoms. The van der Waals surface area contributed by atoms with Crippen LogP contribution in [0.3, 0.4) is 0 Å². The molecule has 1 aliphatic heterocycles. The minimum atomic E-state index is 0.0459. The molecule has 6 heteroatoms. The summed E-state index contributed by atoms with van der Waals surface area (Å²) >= 11 is 1.59. The zero-order chi connectivity index (χ0) is 13.0. The third-order valence-corrected chi connectivity index (χ3v) is 4.04. The van der Waals surface area contributed by atoms with Crippen molar-refractivity contribution in [3.8, 4) is 0 Å². The highest BCUT2D eigenvalue weighted by molar-refractivity contribution is 7.99. The molecule has 5 nitrogen and oxygen atoms in total. The van der Waals surface area contributed by atoms with Crippen molar-refractivity contribution in [1.29, 1.82) is 0 Å². The highest BCUT2D eigenvalue weighted by Gasteiger charge is 2.25. The van der Waals surface area contributed by atoms with Crippen molar-refractivity contribution in [2.24, 2.45) is 0 Å². The summed E-state index contributed by atoms with van der Waals surface area (Å²) in [4.78, 5) is 24.5. The van der Waals surface area contributed by atoms with Crippen molar-refractivity contribution in [3.63, 3.8) is 0 Å². The van der Waals surface area contributed by atoms with Crippen molar-refractivity contribution in [3.05, 3.63) is 18.5 Å². The molecule has 2 heterocycles. The van der Waals surface area contributed by atoms with Gasteiger partial charge in [0.1, 0.15) is 0 Å². The van der Waals surface area contributed by atoms with Crippen LogP contribution >= 0.6 is 11.8 Å². The molecule has 1 fully saturated rings. The van der Waals surface area contributed by atoms with Gasteiger partial charge in [-0.1, -0.05) is 0 Å². The Morgan fingerprint density at radius 3 is 2.44 bits per heavy atom. The highest BCUT2D eigenvalue weighted by Crippen LogP contribution is 2.14.